The SMILES string of the molecule is CC1CCN(Cc2ccc(CO)cc2)CC1n1ccnc1. The maximum absolute atomic E-state index is 9.10. The molecule has 0 amide bonds. The predicted octanol–water partition coefficient (Wildman–Crippen LogP) is 2.46. The molecule has 2 unspecified atom stereocenters. The maximum atomic E-state index is 9.10. The number of hydrogen-bond acceptors (Lipinski definition) is 3. The van der Waals surface area contributed by atoms with Gasteiger partial charge in [-0.15, -0.1) is 0 Å². The van der Waals surface area contributed by atoms with Crippen LogP contribution in [-0.4, -0.2) is 32.6 Å². The average molecular weight is 285 g/mol. The summed E-state index contributed by atoms with van der Waals surface area (Å²) in [5.41, 5.74) is 2.29. The van der Waals surface area contributed by atoms with E-state index in [4.69, 9.17) is 5.11 Å². The Morgan fingerprint density at radius 1 is 1.24 bits per heavy atom. The van der Waals surface area contributed by atoms with E-state index in [1.54, 1.807) is 0 Å². The number of benzene rings is 1. The Labute approximate surface area is 126 Å². The summed E-state index contributed by atoms with van der Waals surface area (Å²) in [6, 6.07) is 8.77. The monoisotopic (exact) mass is 285 g/mol. The van der Waals surface area contributed by atoms with E-state index in [9.17, 15) is 0 Å². The normalized spacial score (nSPS) is 23.3. The van der Waals surface area contributed by atoms with Gasteiger partial charge in [-0.3, -0.25) is 4.90 Å². The fourth-order valence-electron chi connectivity index (χ4n) is 3.12. The lowest BCUT2D eigenvalue weighted by atomic mass is 9.93. The number of nitrogens with zero attached hydrogens (tertiary/aromatic N) is 3. The van der Waals surface area contributed by atoms with Crippen LogP contribution in [0.15, 0.2) is 43.0 Å². The van der Waals surface area contributed by atoms with E-state index in [0.29, 0.717) is 12.0 Å². The van der Waals surface area contributed by atoms with E-state index in [2.05, 4.69) is 39.7 Å². The van der Waals surface area contributed by atoms with Crippen LogP contribution < -0.4 is 0 Å². The highest BCUT2D eigenvalue weighted by Crippen LogP contribution is 2.28. The van der Waals surface area contributed by atoms with E-state index >= 15 is 0 Å². The van der Waals surface area contributed by atoms with Gasteiger partial charge in [-0.1, -0.05) is 31.2 Å². The van der Waals surface area contributed by atoms with Crippen molar-refractivity contribution in [1.29, 1.82) is 0 Å². The van der Waals surface area contributed by atoms with Crippen LogP contribution in [0.25, 0.3) is 0 Å². The Morgan fingerprint density at radius 3 is 2.67 bits per heavy atom. The molecule has 2 heterocycles. The lowest BCUT2D eigenvalue weighted by Crippen LogP contribution is -2.40. The molecule has 0 radical (unpaired) electrons. The third-order valence-electron chi connectivity index (χ3n) is 4.52. The molecule has 0 saturated carbocycles. The molecule has 1 fully saturated rings. The Morgan fingerprint density at radius 2 is 2.00 bits per heavy atom. The van der Waals surface area contributed by atoms with Crippen molar-refractivity contribution in [2.24, 2.45) is 5.92 Å². The molecule has 1 aliphatic heterocycles. The zero-order chi connectivity index (χ0) is 14.7. The summed E-state index contributed by atoms with van der Waals surface area (Å²) in [5.74, 6) is 0.687. The Hall–Kier alpha value is -1.65. The van der Waals surface area contributed by atoms with Crippen LogP contribution in [-0.2, 0) is 13.2 Å². The average Bonchev–Trinajstić information content (AvgIpc) is 3.04. The second-order valence-electron chi connectivity index (χ2n) is 6.05. The van der Waals surface area contributed by atoms with Crippen molar-refractivity contribution >= 4 is 0 Å². The molecule has 3 rings (SSSR count). The first kappa shape index (κ1) is 14.3. The minimum atomic E-state index is 0.115. The number of aromatic nitrogens is 2. The Balaban J connectivity index is 1.65. The van der Waals surface area contributed by atoms with Crippen LogP contribution >= 0.6 is 0 Å². The molecule has 112 valence electrons. The number of rotatable bonds is 4. The van der Waals surface area contributed by atoms with Gasteiger partial charge < -0.3 is 9.67 Å². The topological polar surface area (TPSA) is 41.3 Å². The van der Waals surface area contributed by atoms with E-state index < -0.39 is 0 Å². The lowest BCUT2D eigenvalue weighted by Gasteiger charge is -2.37. The van der Waals surface area contributed by atoms with Gasteiger partial charge >= 0.3 is 0 Å². The lowest BCUT2D eigenvalue weighted by molar-refractivity contribution is 0.126. The van der Waals surface area contributed by atoms with Gasteiger partial charge in [-0.05, 0) is 30.0 Å². The minimum Gasteiger partial charge on any atom is -0.392 e. The number of likely N-dealkylation sites (tertiary alicyclic amines) is 1. The zero-order valence-corrected chi connectivity index (χ0v) is 12.5. The molecule has 2 aromatic rings. The fourth-order valence-corrected chi connectivity index (χ4v) is 3.12. The second kappa shape index (κ2) is 6.41. The number of imidazole rings is 1. The Bertz CT molecular complexity index is 550. The van der Waals surface area contributed by atoms with Gasteiger partial charge in [0.1, 0.15) is 0 Å². The largest absolute Gasteiger partial charge is 0.392 e. The second-order valence-corrected chi connectivity index (χ2v) is 6.05. The summed E-state index contributed by atoms with van der Waals surface area (Å²) >= 11 is 0. The number of aliphatic hydroxyl groups is 1. The first-order valence-corrected chi connectivity index (χ1v) is 7.64. The number of aliphatic hydroxyl groups excluding tert-OH is 1. The zero-order valence-electron chi connectivity index (χ0n) is 12.5. The molecule has 1 N–H and O–H groups in total. The summed E-state index contributed by atoms with van der Waals surface area (Å²) in [5, 5.41) is 9.10. The molecule has 4 heteroatoms. The molecule has 1 saturated heterocycles. The first-order valence-electron chi connectivity index (χ1n) is 7.64. The molecule has 0 bridgehead atoms. The fraction of sp³-hybridized carbons (Fsp3) is 0.471. The molecule has 1 aliphatic rings. The van der Waals surface area contributed by atoms with Gasteiger partial charge in [-0.25, -0.2) is 4.98 Å². The van der Waals surface area contributed by atoms with Crippen molar-refractivity contribution in [2.75, 3.05) is 13.1 Å². The maximum Gasteiger partial charge on any atom is 0.0949 e. The van der Waals surface area contributed by atoms with Crippen molar-refractivity contribution in [3.05, 3.63) is 54.1 Å². The first-order chi connectivity index (χ1) is 10.3. The summed E-state index contributed by atoms with van der Waals surface area (Å²) in [7, 11) is 0. The van der Waals surface area contributed by atoms with Gasteiger partial charge in [-0.2, -0.15) is 0 Å². The van der Waals surface area contributed by atoms with Gasteiger partial charge in [0, 0.05) is 31.5 Å². The minimum absolute atomic E-state index is 0.115. The molecule has 0 spiro atoms. The van der Waals surface area contributed by atoms with E-state index in [1.807, 2.05) is 24.7 Å². The highest BCUT2D eigenvalue weighted by atomic mass is 16.3. The van der Waals surface area contributed by atoms with Crippen LogP contribution in [0.3, 0.4) is 0 Å². The quantitative estimate of drug-likeness (QED) is 0.938. The van der Waals surface area contributed by atoms with Crippen molar-refractivity contribution in [2.45, 2.75) is 32.5 Å². The number of hydrogen-bond donors (Lipinski definition) is 1. The third kappa shape index (κ3) is 3.34. The van der Waals surface area contributed by atoms with E-state index in [0.717, 1.165) is 25.2 Å². The van der Waals surface area contributed by atoms with Crippen molar-refractivity contribution in [3.8, 4) is 0 Å². The smallest absolute Gasteiger partial charge is 0.0949 e. The van der Waals surface area contributed by atoms with Gasteiger partial charge in [0.15, 0.2) is 0 Å². The molecule has 4 nitrogen and oxygen atoms in total. The van der Waals surface area contributed by atoms with Gasteiger partial charge in [0.25, 0.3) is 0 Å². The highest BCUT2D eigenvalue weighted by molar-refractivity contribution is 5.22. The van der Waals surface area contributed by atoms with Gasteiger partial charge in [0.05, 0.1) is 12.9 Å². The molecule has 1 aromatic carbocycles. The van der Waals surface area contributed by atoms with E-state index in [1.165, 1.54) is 12.0 Å². The van der Waals surface area contributed by atoms with Crippen LogP contribution in [0.1, 0.15) is 30.5 Å². The van der Waals surface area contributed by atoms with Crippen molar-refractivity contribution < 1.29 is 5.11 Å². The van der Waals surface area contributed by atoms with Gasteiger partial charge in [0.2, 0.25) is 0 Å². The van der Waals surface area contributed by atoms with Crippen LogP contribution in [0.4, 0.5) is 0 Å². The van der Waals surface area contributed by atoms with Crippen LogP contribution in [0.5, 0.6) is 0 Å². The van der Waals surface area contributed by atoms with Crippen molar-refractivity contribution in [3.63, 3.8) is 0 Å². The third-order valence-corrected chi connectivity index (χ3v) is 4.52. The summed E-state index contributed by atoms with van der Waals surface area (Å²) < 4.78 is 2.24. The number of piperidine rings is 1. The summed E-state index contributed by atoms with van der Waals surface area (Å²) in [4.78, 5) is 6.69. The predicted molar refractivity (Wildman–Crippen MR) is 82.7 cm³/mol. The molecule has 21 heavy (non-hydrogen) atoms. The molecule has 2 atom stereocenters. The van der Waals surface area contributed by atoms with Crippen molar-refractivity contribution in [1.82, 2.24) is 14.5 Å². The standard InChI is InChI=1S/C17H23N3O/c1-14-6-8-19(11-17(14)20-9-7-18-13-20)10-15-2-4-16(12-21)5-3-15/h2-5,7,9,13-14,17,21H,6,8,10-12H2,1H3. The highest BCUT2D eigenvalue weighted by Gasteiger charge is 2.27. The Kier molecular flexibility index (Phi) is 4.36. The van der Waals surface area contributed by atoms with Crippen LogP contribution in [0, 0.1) is 5.92 Å². The van der Waals surface area contributed by atoms with E-state index in [-0.39, 0.29) is 6.61 Å². The molecular weight excluding hydrogens is 262 g/mol. The van der Waals surface area contributed by atoms with Crippen LogP contribution in [0.2, 0.25) is 0 Å². The molecular formula is C17H23N3O. The molecule has 1 aromatic heterocycles. The summed E-state index contributed by atoms with van der Waals surface area (Å²) in [6.45, 7) is 5.64. The summed E-state index contributed by atoms with van der Waals surface area (Å²) in [6.07, 6.45) is 7.08. The molecule has 0 aliphatic carbocycles.